The van der Waals surface area contributed by atoms with E-state index in [2.05, 4.69) is 140 Å². The Bertz CT molecular complexity index is 2550. The third-order valence-electron chi connectivity index (χ3n) is 8.66. The van der Waals surface area contributed by atoms with Crippen molar-refractivity contribution < 1.29 is 0 Å². The average Bonchev–Trinajstić information content (AvgIpc) is 3.50. The monoisotopic (exact) mass is 590 g/mol. The van der Waals surface area contributed by atoms with E-state index >= 15 is 0 Å². The van der Waals surface area contributed by atoms with Crippen LogP contribution in [0.25, 0.3) is 86.7 Å². The van der Waals surface area contributed by atoms with Crippen LogP contribution in [0.1, 0.15) is 0 Å². The molecule has 0 atom stereocenters. The molecule has 9 rings (SSSR count). The Labute approximate surface area is 264 Å². The molecule has 0 saturated heterocycles. The van der Waals surface area contributed by atoms with Crippen molar-refractivity contribution in [2.24, 2.45) is 0 Å². The zero-order valence-electron chi connectivity index (χ0n) is 24.3. The van der Waals surface area contributed by atoms with Crippen LogP contribution in [0, 0.1) is 0 Å². The summed E-state index contributed by atoms with van der Waals surface area (Å²) in [6.07, 6.45) is 0. The van der Waals surface area contributed by atoms with Crippen LogP contribution in [0.3, 0.4) is 0 Å². The van der Waals surface area contributed by atoms with E-state index in [9.17, 15) is 0 Å². The van der Waals surface area contributed by atoms with Crippen molar-refractivity contribution in [2.45, 2.75) is 0 Å². The van der Waals surface area contributed by atoms with Crippen molar-refractivity contribution >= 4 is 53.2 Å². The predicted octanol–water partition coefficient (Wildman–Crippen LogP) is 11.8. The third-order valence-corrected chi connectivity index (χ3v) is 9.80. The number of fused-ring (bicyclic) bond motifs is 6. The van der Waals surface area contributed by atoms with Gasteiger partial charge in [0.2, 0.25) is 0 Å². The van der Waals surface area contributed by atoms with E-state index in [1.54, 1.807) is 0 Å². The largest absolute Gasteiger partial charge is 0.228 e. The van der Waals surface area contributed by atoms with Gasteiger partial charge in [0.15, 0.2) is 5.82 Å². The average molecular weight is 591 g/mol. The molecular weight excluding hydrogens is 565 g/mol. The molecule has 9 aromatic rings. The van der Waals surface area contributed by atoms with Crippen molar-refractivity contribution in [2.75, 3.05) is 0 Å². The fraction of sp³-hybridized carbons (Fsp3) is 0. The SMILES string of the molecule is c1ccc(-c2nc(-c3cccc(-c4cccc(-c5ccc6sc7ccc8ccccc8c7c6c5)c4)c3)nc3ccccc23)cc1. The summed E-state index contributed by atoms with van der Waals surface area (Å²) in [4.78, 5) is 10.1. The lowest BCUT2D eigenvalue weighted by Gasteiger charge is -2.11. The molecule has 210 valence electrons. The van der Waals surface area contributed by atoms with Crippen molar-refractivity contribution in [3.05, 3.63) is 158 Å². The lowest BCUT2D eigenvalue weighted by atomic mass is 9.96. The van der Waals surface area contributed by atoms with Crippen LogP contribution >= 0.6 is 11.3 Å². The lowest BCUT2D eigenvalue weighted by molar-refractivity contribution is 1.23. The fourth-order valence-electron chi connectivity index (χ4n) is 6.46. The van der Waals surface area contributed by atoms with Crippen LogP contribution in [0.2, 0.25) is 0 Å². The first-order valence-corrected chi connectivity index (χ1v) is 16.0. The van der Waals surface area contributed by atoms with E-state index in [0.29, 0.717) is 0 Å². The van der Waals surface area contributed by atoms with Gasteiger partial charge in [0.25, 0.3) is 0 Å². The van der Waals surface area contributed by atoms with Gasteiger partial charge < -0.3 is 0 Å². The Balaban J connectivity index is 1.14. The molecule has 0 spiro atoms. The molecule has 0 unspecified atom stereocenters. The molecule has 3 heteroatoms. The molecule has 0 aliphatic carbocycles. The summed E-state index contributed by atoms with van der Waals surface area (Å²) < 4.78 is 2.65. The van der Waals surface area contributed by atoms with Crippen molar-refractivity contribution in [3.8, 4) is 44.9 Å². The van der Waals surface area contributed by atoms with Gasteiger partial charge >= 0.3 is 0 Å². The second kappa shape index (κ2) is 10.5. The molecule has 0 bridgehead atoms. The molecule has 0 amide bonds. The van der Waals surface area contributed by atoms with Gasteiger partial charge in [-0.3, -0.25) is 0 Å². The van der Waals surface area contributed by atoms with Crippen molar-refractivity contribution in [1.82, 2.24) is 9.97 Å². The van der Waals surface area contributed by atoms with Gasteiger partial charge in [-0.1, -0.05) is 121 Å². The highest BCUT2D eigenvalue weighted by Gasteiger charge is 2.13. The number of para-hydroxylation sites is 1. The molecule has 0 fully saturated rings. The van der Waals surface area contributed by atoms with Crippen LogP contribution in [0.4, 0.5) is 0 Å². The quantitative estimate of drug-likeness (QED) is 0.204. The van der Waals surface area contributed by atoms with Crippen molar-refractivity contribution in [1.29, 1.82) is 0 Å². The molecule has 0 radical (unpaired) electrons. The van der Waals surface area contributed by atoms with Crippen LogP contribution in [-0.4, -0.2) is 9.97 Å². The molecule has 0 N–H and O–H groups in total. The lowest BCUT2D eigenvalue weighted by Crippen LogP contribution is -1.95. The smallest absolute Gasteiger partial charge is 0.160 e. The number of hydrogen-bond donors (Lipinski definition) is 0. The summed E-state index contributed by atoms with van der Waals surface area (Å²) in [5, 5.41) is 6.32. The summed E-state index contributed by atoms with van der Waals surface area (Å²) >= 11 is 1.87. The maximum atomic E-state index is 5.10. The van der Waals surface area contributed by atoms with Gasteiger partial charge in [0, 0.05) is 36.7 Å². The van der Waals surface area contributed by atoms with E-state index in [1.807, 2.05) is 29.5 Å². The molecule has 2 nitrogen and oxygen atoms in total. The van der Waals surface area contributed by atoms with Gasteiger partial charge in [-0.25, -0.2) is 9.97 Å². The molecule has 0 aliphatic heterocycles. The Kier molecular flexibility index (Phi) is 6.03. The topological polar surface area (TPSA) is 25.8 Å². The maximum Gasteiger partial charge on any atom is 0.160 e. The van der Waals surface area contributed by atoms with Gasteiger partial charge in [-0.2, -0.15) is 0 Å². The minimum atomic E-state index is 0.729. The van der Waals surface area contributed by atoms with E-state index in [1.165, 1.54) is 47.6 Å². The number of benzene rings is 7. The van der Waals surface area contributed by atoms with Crippen LogP contribution < -0.4 is 0 Å². The van der Waals surface area contributed by atoms with Crippen LogP contribution in [-0.2, 0) is 0 Å². The zero-order chi connectivity index (χ0) is 29.7. The number of nitrogens with zero attached hydrogens (tertiary/aromatic N) is 2. The molecule has 0 aliphatic rings. The van der Waals surface area contributed by atoms with E-state index in [4.69, 9.17) is 9.97 Å². The molecule has 0 saturated carbocycles. The first-order valence-electron chi connectivity index (χ1n) is 15.2. The fourth-order valence-corrected chi connectivity index (χ4v) is 7.57. The zero-order valence-corrected chi connectivity index (χ0v) is 25.1. The maximum absolute atomic E-state index is 5.10. The molecule has 7 aromatic carbocycles. The Hall–Kier alpha value is -5.64. The summed E-state index contributed by atoms with van der Waals surface area (Å²) in [6, 6.07) is 56.1. The van der Waals surface area contributed by atoms with Gasteiger partial charge in [-0.15, -0.1) is 11.3 Å². The second-order valence-electron chi connectivity index (χ2n) is 11.4. The highest BCUT2D eigenvalue weighted by Crippen LogP contribution is 2.40. The predicted molar refractivity (Wildman–Crippen MR) is 192 cm³/mol. The second-order valence-corrected chi connectivity index (χ2v) is 12.5. The van der Waals surface area contributed by atoms with Gasteiger partial charge in [0.1, 0.15) is 0 Å². The number of thiophene rings is 1. The normalized spacial score (nSPS) is 11.6. The Morgan fingerprint density at radius 3 is 1.82 bits per heavy atom. The van der Waals surface area contributed by atoms with Gasteiger partial charge in [0.05, 0.1) is 11.2 Å². The third kappa shape index (κ3) is 4.48. The molecule has 45 heavy (non-hydrogen) atoms. The number of hydrogen-bond acceptors (Lipinski definition) is 3. The number of aromatic nitrogens is 2. The summed E-state index contributed by atoms with van der Waals surface area (Å²) in [5.41, 5.74) is 8.71. The Morgan fingerprint density at radius 2 is 1.00 bits per heavy atom. The van der Waals surface area contributed by atoms with Crippen LogP contribution in [0.5, 0.6) is 0 Å². The minimum Gasteiger partial charge on any atom is -0.228 e. The first kappa shape index (κ1) is 25.8. The van der Waals surface area contributed by atoms with E-state index in [-0.39, 0.29) is 0 Å². The molecule has 2 aromatic heterocycles. The van der Waals surface area contributed by atoms with Gasteiger partial charge in [-0.05, 0) is 69.4 Å². The molecular formula is C42H26N2S. The first-order chi connectivity index (χ1) is 22.3. The Morgan fingerprint density at radius 1 is 0.378 bits per heavy atom. The summed E-state index contributed by atoms with van der Waals surface area (Å²) in [7, 11) is 0. The summed E-state index contributed by atoms with van der Waals surface area (Å²) in [6.45, 7) is 0. The highest BCUT2D eigenvalue weighted by atomic mass is 32.1. The number of rotatable bonds is 4. The highest BCUT2D eigenvalue weighted by molar-refractivity contribution is 7.26. The van der Waals surface area contributed by atoms with E-state index in [0.717, 1.165) is 39.1 Å². The van der Waals surface area contributed by atoms with Crippen LogP contribution in [0.15, 0.2) is 158 Å². The summed E-state index contributed by atoms with van der Waals surface area (Å²) in [5.74, 6) is 0.729. The minimum absolute atomic E-state index is 0.729. The van der Waals surface area contributed by atoms with Crippen molar-refractivity contribution in [3.63, 3.8) is 0 Å². The standard InChI is InChI=1S/C42H26N2S/c1-2-11-28(12-3-1)41-35-18-6-7-19-37(35)43-42(44-41)33-16-9-15-31(25-33)29-13-8-14-30(24-29)32-21-22-38-36(26-32)40-34-17-5-4-10-27(34)20-23-39(40)45-38/h1-26H. The molecule has 2 heterocycles. The van der Waals surface area contributed by atoms with E-state index < -0.39 is 0 Å².